The fourth-order valence-electron chi connectivity index (χ4n) is 1.30. The van der Waals surface area contributed by atoms with Gasteiger partial charge in [0.15, 0.2) is 0 Å². The van der Waals surface area contributed by atoms with E-state index >= 15 is 0 Å². The Hall–Kier alpha value is -1.62. The number of carbonyl (C=O) groups excluding carboxylic acids is 1. The van der Waals surface area contributed by atoms with E-state index in [9.17, 15) is 4.79 Å². The van der Waals surface area contributed by atoms with Crippen molar-refractivity contribution in [1.82, 2.24) is 0 Å². The lowest BCUT2D eigenvalue weighted by Gasteiger charge is -2.19. The van der Waals surface area contributed by atoms with Gasteiger partial charge in [-0.3, -0.25) is 4.79 Å². The molecule has 0 unspecified atom stereocenters. The van der Waals surface area contributed by atoms with Crippen molar-refractivity contribution in [3.05, 3.63) is 29.8 Å². The molecule has 0 atom stereocenters. The number of thiocarbonyl (C=S) groups is 1. The van der Waals surface area contributed by atoms with Gasteiger partial charge in [-0.05, 0) is 12.1 Å². The van der Waals surface area contributed by atoms with Crippen molar-refractivity contribution in [2.45, 2.75) is 6.42 Å². The molecule has 16 heavy (non-hydrogen) atoms. The molecule has 0 fully saturated rings. The number of benzene rings is 1. The number of hydrogen-bond acceptors (Lipinski definition) is 3. The van der Waals surface area contributed by atoms with Crippen LogP contribution in [0.3, 0.4) is 0 Å². The zero-order chi connectivity index (χ0) is 12.1. The molecule has 0 saturated carbocycles. The smallest absolute Gasteiger partial charge is 0.219 e. The Labute approximate surface area is 100 Å². The Balaban J connectivity index is 2.75. The van der Waals surface area contributed by atoms with E-state index in [1.54, 1.807) is 0 Å². The highest BCUT2D eigenvalue weighted by atomic mass is 32.1. The van der Waals surface area contributed by atoms with Crippen molar-refractivity contribution in [2.24, 2.45) is 11.5 Å². The molecular formula is C11H15N3OS. The van der Waals surface area contributed by atoms with E-state index in [0.717, 1.165) is 11.3 Å². The Morgan fingerprint density at radius 1 is 1.44 bits per heavy atom. The lowest BCUT2D eigenvalue weighted by Crippen LogP contribution is -2.24. The van der Waals surface area contributed by atoms with E-state index in [1.165, 1.54) is 0 Å². The number of carbonyl (C=O) groups is 1. The number of anilines is 1. The minimum Gasteiger partial charge on any atom is -0.389 e. The molecule has 0 spiro atoms. The second-order valence-electron chi connectivity index (χ2n) is 3.55. The van der Waals surface area contributed by atoms with Gasteiger partial charge in [-0.25, -0.2) is 0 Å². The number of rotatable bonds is 5. The Morgan fingerprint density at radius 3 is 2.69 bits per heavy atom. The van der Waals surface area contributed by atoms with Gasteiger partial charge in [-0.15, -0.1) is 0 Å². The molecule has 0 aliphatic heterocycles. The van der Waals surface area contributed by atoms with Gasteiger partial charge in [-0.2, -0.15) is 0 Å². The molecule has 4 N–H and O–H groups in total. The second kappa shape index (κ2) is 5.46. The van der Waals surface area contributed by atoms with Crippen molar-refractivity contribution < 1.29 is 4.79 Å². The molecule has 1 aromatic rings. The average molecular weight is 237 g/mol. The fraction of sp³-hybridized carbons (Fsp3) is 0.273. The van der Waals surface area contributed by atoms with Gasteiger partial charge in [0.25, 0.3) is 0 Å². The number of hydrogen-bond donors (Lipinski definition) is 2. The van der Waals surface area contributed by atoms with Crippen molar-refractivity contribution in [2.75, 3.05) is 18.5 Å². The quantitative estimate of drug-likeness (QED) is 0.737. The van der Waals surface area contributed by atoms with Crippen LogP contribution in [0.15, 0.2) is 24.3 Å². The maximum absolute atomic E-state index is 10.7. The standard InChI is InChI=1S/C11H15N3OS/c1-14(6-5-10(12)15)9-4-2-3-8(7-9)11(13)16/h2-4,7H,5-6H2,1H3,(H2,12,15)(H2,13,16). The molecule has 1 aromatic carbocycles. The molecular weight excluding hydrogens is 222 g/mol. The maximum atomic E-state index is 10.7. The largest absolute Gasteiger partial charge is 0.389 e. The van der Waals surface area contributed by atoms with E-state index < -0.39 is 0 Å². The summed E-state index contributed by atoms with van der Waals surface area (Å²) >= 11 is 4.90. The normalized spacial score (nSPS) is 9.81. The lowest BCUT2D eigenvalue weighted by molar-refractivity contribution is -0.117. The number of primary amides is 1. The van der Waals surface area contributed by atoms with Crippen molar-refractivity contribution in [3.63, 3.8) is 0 Å². The number of nitrogens with two attached hydrogens (primary N) is 2. The molecule has 1 amide bonds. The maximum Gasteiger partial charge on any atom is 0.219 e. The van der Waals surface area contributed by atoms with E-state index in [0.29, 0.717) is 18.0 Å². The summed E-state index contributed by atoms with van der Waals surface area (Å²) in [5.74, 6) is -0.308. The van der Waals surface area contributed by atoms with Gasteiger partial charge in [-0.1, -0.05) is 24.4 Å². The highest BCUT2D eigenvalue weighted by molar-refractivity contribution is 7.80. The van der Waals surface area contributed by atoms with E-state index in [1.807, 2.05) is 36.2 Å². The van der Waals surface area contributed by atoms with Gasteiger partial charge in [0, 0.05) is 31.3 Å². The van der Waals surface area contributed by atoms with Gasteiger partial charge < -0.3 is 16.4 Å². The summed E-state index contributed by atoms with van der Waals surface area (Å²) in [5.41, 5.74) is 12.4. The van der Waals surface area contributed by atoms with E-state index in [-0.39, 0.29) is 5.91 Å². The third-order valence-electron chi connectivity index (χ3n) is 2.27. The third kappa shape index (κ3) is 3.51. The highest BCUT2D eigenvalue weighted by Gasteiger charge is 2.04. The molecule has 0 heterocycles. The van der Waals surface area contributed by atoms with Crippen LogP contribution in [0.4, 0.5) is 5.69 Å². The van der Waals surface area contributed by atoms with Crippen molar-refractivity contribution in [3.8, 4) is 0 Å². The van der Waals surface area contributed by atoms with Crippen LogP contribution in [0.2, 0.25) is 0 Å². The van der Waals surface area contributed by atoms with E-state index in [4.69, 9.17) is 23.7 Å². The number of nitrogens with zero attached hydrogens (tertiary/aromatic N) is 1. The SMILES string of the molecule is CN(CCC(N)=O)c1cccc(C(N)=S)c1. The first-order chi connectivity index (χ1) is 7.50. The summed E-state index contributed by atoms with van der Waals surface area (Å²) in [7, 11) is 1.89. The van der Waals surface area contributed by atoms with Gasteiger partial charge in [0.2, 0.25) is 5.91 Å². The fourth-order valence-corrected chi connectivity index (χ4v) is 1.43. The van der Waals surface area contributed by atoms with Gasteiger partial charge in [0.1, 0.15) is 4.99 Å². The predicted octanol–water partition coefficient (Wildman–Crippen LogP) is 0.632. The lowest BCUT2D eigenvalue weighted by atomic mass is 10.2. The molecule has 1 rings (SSSR count). The predicted molar refractivity (Wildman–Crippen MR) is 69.4 cm³/mol. The zero-order valence-electron chi connectivity index (χ0n) is 9.14. The topological polar surface area (TPSA) is 72.3 Å². The highest BCUT2D eigenvalue weighted by Crippen LogP contribution is 2.14. The number of amides is 1. The molecule has 0 bridgehead atoms. The summed E-state index contributed by atoms with van der Waals surface area (Å²) in [6, 6.07) is 7.56. The first-order valence-electron chi connectivity index (χ1n) is 4.90. The van der Waals surface area contributed by atoms with Crippen LogP contribution in [0, 0.1) is 0 Å². The Kier molecular flexibility index (Phi) is 4.25. The van der Waals surface area contributed by atoms with Crippen LogP contribution in [0.1, 0.15) is 12.0 Å². The molecule has 0 aliphatic rings. The molecule has 0 radical (unpaired) electrons. The average Bonchev–Trinajstić information content (AvgIpc) is 2.26. The minimum absolute atomic E-state index is 0.308. The third-order valence-corrected chi connectivity index (χ3v) is 2.50. The zero-order valence-corrected chi connectivity index (χ0v) is 9.96. The van der Waals surface area contributed by atoms with Gasteiger partial charge >= 0.3 is 0 Å². The molecule has 86 valence electrons. The van der Waals surface area contributed by atoms with Crippen LogP contribution < -0.4 is 16.4 Å². The van der Waals surface area contributed by atoms with Crippen LogP contribution in [0.25, 0.3) is 0 Å². The summed E-state index contributed by atoms with van der Waals surface area (Å²) in [4.78, 5) is 13.0. The molecule has 0 saturated heterocycles. The van der Waals surface area contributed by atoms with Crippen LogP contribution in [-0.4, -0.2) is 24.5 Å². The van der Waals surface area contributed by atoms with Crippen LogP contribution in [0.5, 0.6) is 0 Å². The monoisotopic (exact) mass is 237 g/mol. The molecule has 0 aromatic heterocycles. The summed E-state index contributed by atoms with van der Waals surface area (Å²) < 4.78 is 0. The summed E-state index contributed by atoms with van der Waals surface area (Å²) in [5, 5.41) is 0. The van der Waals surface area contributed by atoms with Crippen LogP contribution >= 0.6 is 12.2 Å². The Bertz CT molecular complexity index is 406. The second-order valence-corrected chi connectivity index (χ2v) is 3.99. The molecule has 5 heteroatoms. The van der Waals surface area contributed by atoms with Gasteiger partial charge in [0.05, 0.1) is 0 Å². The van der Waals surface area contributed by atoms with Crippen LogP contribution in [-0.2, 0) is 4.79 Å². The van der Waals surface area contributed by atoms with E-state index in [2.05, 4.69) is 0 Å². The molecule has 4 nitrogen and oxygen atoms in total. The van der Waals surface area contributed by atoms with Crippen molar-refractivity contribution >= 4 is 28.8 Å². The van der Waals surface area contributed by atoms with Crippen molar-refractivity contribution in [1.29, 1.82) is 0 Å². The summed E-state index contributed by atoms with van der Waals surface area (Å²) in [6.07, 6.45) is 0.327. The first kappa shape index (κ1) is 12.4. The minimum atomic E-state index is -0.308. The summed E-state index contributed by atoms with van der Waals surface area (Å²) in [6.45, 7) is 0.579. The molecule has 0 aliphatic carbocycles. The Morgan fingerprint density at radius 2 is 2.12 bits per heavy atom. The first-order valence-corrected chi connectivity index (χ1v) is 5.31.